The van der Waals surface area contributed by atoms with Crippen LogP contribution >= 0.6 is 0 Å². The summed E-state index contributed by atoms with van der Waals surface area (Å²) in [7, 11) is 0. The minimum atomic E-state index is -0.518. The number of ether oxygens (including phenoxy) is 2. The van der Waals surface area contributed by atoms with E-state index in [1.807, 2.05) is 31.7 Å². The van der Waals surface area contributed by atoms with Gasteiger partial charge in [-0.1, -0.05) is 0 Å². The lowest BCUT2D eigenvalue weighted by atomic mass is 9.95. The van der Waals surface area contributed by atoms with Crippen molar-refractivity contribution in [2.45, 2.75) is 52.6 Å². The van der Waals surface area contributed by atoms with E-state index in [-0.39, 0.29) is 23.9 Å². The Kier molecular flexibility index (Phi) is 8.15. The first-order valence-electron chi connectivity index (χ1n) is 11.8. The van der Waals surface area contributed by atoms with Crippen LogP contribution in [0, 0.1) is 5.92 Å². The molecule has 9 nitrogen and oxygen atoms in total. The molecule has 2 saturated heterocycles. The molecule has 182 valence electrons. The lowest BCUT2D eigenvalue weighted by Crippen LogP contribution is -2.46. The van der Waals surface area contributed by atoms with Gasteiger partial charge in [0.1, 0.15) is 11.4 Å². The van der Waals surface area contributed by atoms with Gasteiger partial charge in [-0.15, -0.1) is 0 Å². The first-order chi connectivity index (χ1) is 15.7. The third-order valence-electron chi connectivity index (χ3n) is 5.89. The number of anilines is 1. The Morgan fingerprint density at radius 2 is 1.73 bits per heavy atom. The van der Waals surface area contributed by atoms with Gasteiger partial charge in [0.15, 0.2) is 0 Å². The molecule has 2 aliphatic heterocycles. The van der Waals surface area contributed by atoms with E-state index in [0.717, 1.165) is 18.8 Å². The first-order valence-corrected chi connectivity index (χ1v) is 11.8. The second kappa shape index (κ2) is 10.9. The standard InChI is InChI=1S/C24H36N4O5/c1-5-32-22(30)19-7-8-20(25-17-19)26-11-6-12-27(16-15-26)21(29)18-9-13-28(14-10-18)23(31)33-24(2,3)4/h7-8,17-18H,5-6,9-16H2,1-4H3. The van der Waals surface area contributed by atoms with Crippen LogP contribution < -0.4 is 4.90 Å². The topological polar surface area (TPSA) is 92.3 Å². The minimum Gasteiger partial charge on any atom is -0.462 e. The van der Waals surface area contributed by atoms with Gasteiger partial charge in [0.05, 0.1) is 12.2 Å². The van der Waals surface area contributed by atoms with Crippen LogP contribution in [0.15, 0.2) is 18.3 Å². The lowest BCUT2D eigenvalue weighted by molar-refractivity contribution is -0.136. The van der Waals surface area contributed by atoms with Crippen LogP contribution in [-0.4, -0.2) is 84.2 Å². The third kappa shape index (κ3) is 6.82. The quantitative estimate of drug-likeness (QED) is 0.638. The molecule has 0 N–H and O–H groups in total. The molecule has 2 amide bonds. The summed E-state index contributed by atoms with van der Waals surface area (Å²) in [5.41, 5.74) is -0.0830. The fraction of sp³-hybridized carbons (Fsp3) is 0.667. The zero-order valence-corrected chi connectivity index (χ0v) is 20.2. The van der Waals surface area contributed by atoms with Crippen molar-refractivity contribution in [2.75, 3.05) is 50.8 Å². The largest absolute Gasteiger partial charge is 0.462 e. The van der Waals surface area contributed by atoms with Crippen LogP contribution in [0.5, 0.6) is 0 Å². The van der Waals surface area contributed by atoms with Gasteiger partial charge in [-0.2, -0.15) is 0 Å². The summed E-state index contributed by atoms with van der Waals surface area (Å²) in [5.74, 6) is 0.536. The van der Waals surface area contributed by atoms with E-state index in [4.69, 9.17) is 9.47 Å². The van der Waals surface area contributed by atoms with Crippen molar-refractivity contribution in [1.82, 2.24) is 14.8 Å². The highest BCUT2D eigenvalue weighted by atomic mass is 16.6. The average Bonchev–Trinajstić information content (AvgIpc) is 3.04. The lowest BCUT2D eigenvalue weighted by Gasteiger charge is -2.34. The van der Waals surface area contributed by atoms with Crippen LogP contribution in [0.1, 0.15) is 57.3 Å². The number of carbonyl (C=O) groups excluding carboxylic acids is 3. The number of nitrogens with zero attached hydrogens (tertiary/aromatic N) is 4. The van der Waals surface area contributed by atoms with E-state index < -0.39 is 5.60 Å². The van der Waals surface area contributed by atoms with Gasteiger partial charge in [-0.05, 0) is 59.1 Å². The van der Waals surface area contributed by atoms with Crippen molar-refractivity contribution in [3.8, 4) is 0 Å². The summed E-state index contributed by atoms with van der Waals surface area (Å²) in [4.78, 5) is 47.5. The van der Waals surface area contributed by atoms with Gasteiger partial charge < -0.3 is 24.2 Å². The van der Waals surface area contributed by atoms with Crippen molar-refractivity contribution in [1.29, 1.82) is 0 Å². The number of hydrogen-bond donors (Lipinski definition) is 0. The fourth-order valence-electron chi connectivity index (χ4n) is 4.17. The molecular weight excluding hydrogens is 424 g/mol. The molecular formula is C24H36N4O5. The van der Waals surface area contributed by atoms with Gasteiger partial charge in [0, 0.05) is 51.4 Å². The molecule has 3 heterocycles. The van der Waals surface area contributed by atoms with Gasteiger partial charge in [-0.25, -0.2) is 14.6 Å². The first kappa shape index (κ1) is 24.8. The summed E-state index contributed by atoms with van der Waals surface area (Å²) in [6.07, 6.45) is 3.41. The Morgan fingerprint density at radius 1 is 1.00 bits per heavy atom. The summed E-state index contributed by atoms with van der Waals surface area (Å²) in [5, 5.41) is 0. The summed E-state index contributed by atoms with van der Waals surface area (Å²) in [6, 6.07) is 3.56. The molecule has 0 saturated carbocycles. The highest BCUT2D eigenvalue weighted by Gasteiger charge is 2.32. The molecule has 2 fully saturated rings. The Morgan fingerprint density at radius 3 is 2.33 bits per heavy atom. The number of amides is 2. The number of piperidine rings is 1. The second-order valence-electron chi connectivity index (χ2n) is 9.53. The highest BCUT2D eigenvalue weighted by molar-refractivity contribution is 5.89. The smallest absolute Gasteiger partial charge is 0.410 e. The zero-order valence-electron chi connectivity index (χ0n) is 20.2. The van der Waals surface area contributed by atoms with Crippen molar-refractivity contribution in [2.24, 2.45) is 5.92 Å². The monoisotopic (exact) mass is 460 g/mol. The SMILES string of the molecule is CCOC(=O)c1ccc(N2CCCN(C(=O)C3CCN(C(=O)OC(C)(C)C)CC3)CC2)nc1. The molecule has 0 aliphatic carbocycles. The molecule has 33 heavy (non-hydrogen) atoms. The van der Waals surface area contributed by atoms with Crippen molar-refractivity contribution >= 4 is 23.8 Å². The number of esters is 1. The molecule has 3 rings (SSSR count). The summed E-state index contributed by atoms with van der Waals surface area (Å²) < 4.78 is 10.5. The predicted molar refractivity (Wildman–Crippen MR) is 124 cm³/mol. The average molecular weight is 461 g/mol. The zero-order chi connectivity index (χ0) is 24.0. The van der Waals surface area contributed by atoms with Crippen LogP contribution in [0.4, 0.5) is 10.6 Å². The van der Waals surface area contributed by atoms with Crippen molar-refractivity contribution in [3.63, 3.8) is 0 Å². The number of likely N-dealkylation sites (tertiary alicyclic amines) is 1. The van der Waals surface area contributed by atoms with Crippen LogP contribution in [0.25, 0.3) is 0 Å². The number of carbonyl (C=O) groups is 3. The van der Waals surface area contributed by atoms with Gasteiger partial charge in [-0.3, -0.25) is 4.79 Å². The predicted octanol–water partition coefficient (Wildman–Crippen LogP) is 2.94. The maximum absolute atomic E-state index is 13.1. The molecule has 0 unspecified atom stereocenters. The van der Waals surface area contributed by atoms with Gasteiger partial charge in [0.25, 0.3) is 0 Å². The number of hydrogen-bond acceptors (Lipinski definition) is 7. The Labute approximate surface area is 196 Å². The number of aromatic nitrogens is 1. The van der Waals surface area contributed by atoms with Crippen LogP contribution in [0.2, 0.25) is 0 Å². The van der Waals surface area contributed by atoms with E-state index >= 15 is 0 Å². The maximum atomic E-state index is 13.1. The second-order valence-corrected chi connectivity index (χ2v) is 9.53. The molecule has 0 aromatic carbocycles. The number of rotatable bonds is 4. The van der Waals surface area contributed by atoms with Crippen molar-refractivity contribution in [3.05, 3.63) is 23.9 Å². The Balaban J connectivity index is 1.50. The van der Waals surface area contributed by atoms with E-state index in [0.29, 0.717) is 57.7 Å². The van der Waals surface area contributed by atoms with Crippen LogP contribution in [0.3, 0.4) is 0 Å². The van der Waals surface area contributed by atoms with E-state index in [2.05, 4.69) is 9.88 Å². The van der Waals surface area contributed by atoms with E-state index in [1.165, 1.54) is 0 Å². The molecule has 1 aromatic rings. The molecule has 1 aromatic heterocycles. The summed E-state index contributed by atoms with van der Waals surface area (Å²) in [6.45, 7) is 11.6. The number of pyridine rings is 1. The molecule has 9 heteroatoms. The maximum Gasteiger partial charge on any atom is 0.410 e. The van der Waals surface area contributed by atoms with E-state index in [1.54, 1.807) is 24.1 Å². The summed E-state index contributed by atoms with van der Waals surface area (Å²) >= 11 is 0. The third-order valence-corrected chi connectivity index (χ3v) is 5.89. The fourth-order valence-corrected chi connectivity index (χ4v) is 4.17. The molecule has 0 radical (unpaired) electrons. The molecule has 0 spiro atoms. The van der Waals surface area contributed by atoms with Crippen LogP contribution in [-0.2, 0) is 14.3 Å². The molecule has 2 aliphatic rings. The van der Waals surface area contributed by atoms with Crippen molar-refractivity contribution < 1.29 is 23.9 Å². The highest BCUT2D eigenvalue weighted by Crippen LogP contribution is 2.23. The molecule has 0 atom stereocenters. The molecule has 0 bridgehead atoms. The normalized spacial score (nSPS) is 18.0. The Hall–Kier alpha value is -2.84. The minimum absolute atomic E-state index is 0.0581. The van der Waals surface area contributed by atoms with Gasteiger partial charge in [0.2, 0.25) is 5.91 Å². The van der Waals surface area contributed by atoms with E-state index in [9.17, 15) is 14.4 Å². The van der Waals surface area contributed by atoms with Gasteiger partial charge >= 0.3 is 12.1 Å². The Bertz CT molecular complexity index is 828.